The third-order valence-corrected chi connectivity index (χ3v) is 3.74. The summed E-state index contributed by atoms with van der Waals surface area (Å²) in [6.07, 6.45) is 3.12. The van der Waals surface area contributed by atoms with Crippen molar-refractivity contribution in [3.05, 3.63) is 57.1 Å². The van der Waals surface area contributed by atoms with Crippen LogP contribution in [-0.4, -0.2) is 21.0 Å². The maximum absolute atomic E-state index is 11.2. The lowest BCUT2D eigenvalue weighted by molar-refractivity contribution is 0.0694. The van der Waals surface area contributed by atoms with Gasteiger partial charge in [-0.15, -0.1) is 0 Å². The van der Waals surface area contributed by atoms with E-state index < -0.39 is 5.97 Å². The van der Waals surface area contributed by atoms with Crippen molar-refractivity contribution in [1.29, 1.82) is 0 Å². The summed E-state index contributed by atoms with van der Waals surface area (Å²) in [6.45, 7) is 1.97. The van der Waals surface area contributed by atoms with E-state index in [1.165, 1.54) is 6.20 Å². The van der Waals surface area contributed by atoms with Gasteiger partial charge in [0.2, 0.25) is 0 Å². The van der Waals surface area contributed by atoms with Crippen LogP contribution in [0.5, 0.6) is 0 Å². The molecule has 110 valence electrons. The smallest absolute Gasteiger partial charge is 0.339 e. The molecule has 0 aliphatic carbocycles. The van der Waals surface area contributed by atoms with Crippen LogP contribution in [0.1, 0.15) is 40.8 Å². The highest BCUT2D eigenvalue weighted by molar-refractivity contribution is 6.36. The number of aromatic nitrogens is 2. The van der Waals surface area contributed by atoms with Crippen molar-refractivity contribution < 1.29 is 9.90 Å². The highest BCUT2D eigenvalue weighted by Crippen LogP contribution is 2.26. The maximum atomic E-state index is 11.2. The van der Waals surface area contributed by atoms with E-state index >= 15 is 0 Å². The van der Waals surface area contributed by atoms with Crippen LogP contribution in [0.4, 0.5) is 0 Å². The van der Waals surface area contributed by atoms with Crippen LogP contribution in [-0.2, 0) is 12.8 Å². The van der Waals surface area contributed by atoms with Gasteiger partial charge in [-0.05, 0) is 24.1 Å². The van der Waals surface area contributed by atoms with Gasteiger partial charge >= 0.3 is 5.97 Å². The Balaban J connectivity index is 2.37. The molecule has 0 aliphatic rings. The summed E-state index contributed by atoms with van der Waals surface area (Å²) >= 11 is 12.3. The fourth-order valence-corrected chi connectivity index (χ4v) is 2.54. The monoisotopic (exact) mass is 324 g/mol. The van der Waals surface area contributed by atoms with Crippen molar-refractivity contribution >= 4 is 29.2 Å². The Morgan fingerprint density at radius 1 is 1.29 bits per heavy atom. The Bertz CT molecular complexity index is 654. The summed E-state index contributed by atoms with van der Waals surface area (Å²) in [6, 6.07) is 5.27. The van der Waals surface area contributed by atoms with Crippen LogP contribution in [0.15, 0.2) is 24.4 Å². The molecule has 2 rings (SSSR count). The van der Waals surface area contributed by atoms with Gasteiger partial charge in [0.15, 0.2) is 0 Å². The van der Waals surface area contributed by atoms with Gasteiger partial charge in [-0.1, -0.05) is 42.6 Å². The fourth-order valence-electron chi connectivity index (χ4n) is 2.01. The zero-order valence-corrected chi connectivity index (χ0v) is 12.9. The van der Waals surface area contributed by atoms with Gasteiger partial charge < -0.3 is 5.11 Å². The molecule has 0 amide bonds. The topological polar surface area (TPSA) is 63.1 Å². The second kappa shape index (κ2) is 6.87. The molecule has 0 saturated heterocycles. The molecule has 0 bridgehead atoms. The normalized spacial score (nSPS) is 10.6. The van der Waals surface area contributed by atoms with Crippen LogP contribution >= 0.6 is 23.2 Å². The van der Waals surface area contributed by atoms with Crippen LogP contribution < -0.4 is 0 Å². The first-order valence-corrected chi connectivity index (χ1v) is 7.29. The maximum Gasteiger partial charge on any atom is 0.339 e. The number of hydrogen-bond donors (Lipinski definition) is 1. The van der Waals surface area contributed by atoms with Crippen LogP contribution in [0.25, 0.3) is 0 Å². The first kappa shape index (κ1) is 15.7. The van der Waals surface area contributed by atoms with Crippen LogP contribution in [0, 0.1) is 0 Å². The second-order valence-corrected chi connectivity index (χ2v) is 5.39. The van der Waals surface area contributed by atoms with Crippen molar-refractivity contribution in [2.24, 2.45) is 0 Å². The third-order valence-electron chi connectivity index (χ3n) is 3.03. The number of carboxylic acid groups (broad SMARTS) is 1. The van der Waals surface area contributed by atoms with E-state index in [4.69, 9.17) is 28.3 Å². The van der Waals surface area contributed by atoms with Gasteiger partial charge in [0, 0.05) is 22.7 Å². The van der Waals surface area contributed by atoms with Crippen LogP contribution in [0.2, 0.25) is 10.0 Å². The lowest BCUT2D eigenvalue weighted by Crippen LogP contribution is -2.09. The molecule has 0 fully saturated rings. The molecule has 1 N–H and O–H groups in total. The number of nitrogens with zero attached hydrogens (tertiary/aromatic N) is 2. The zero-order chi connectivity index (χ0) is 15.4. The lowest BCUT2D eigenvalue weighted by Gasteiger charge is -2.09. The van der Waals surface area contributed by atoms with Crippen molar-refractivity contribution in [1.82, 2.24) is 9.97 Å². The molecule has 4 nitrogen and oxygen atoms in total. The number of benzene rings is 1. The largest absolute Gasteiger partial charge is 0.478 e. The molecule has 0 spiro atoms. The van der Waals surface area contributed by atoms with E-state index in [1.54, 1.807) is 18.2 Å². The first-order valence-electron chi connectivity index (χ1n) is 6.54. The number of carboxylic acids is 1. The SMILES string of the molecule is CCCc1nc(Cc2c(Cl)cccc2Cl)ncc1C(=O)O. The predicted molar refractivity (Wildman–Crippen MR) is 82.3 cm³/mol. The Morgan fingerprint density at radius 2 is 1.95 bits per heavy atom. The number of hydrogen-bond acceptors (Lipinski definition) is 3. The molecule has 2 aromatic rings. The van der Waals surface area contributed by atoms with E-state index in [2.05, 4.69) is 9.97 Å². The summed E-state index contributed by atoms with van der Waals surface area (Å²) in [4.78, 5) is 19.6. The lowest BCUT2D eigenvalue weighted by atomic mass is 10.1. The number of aryl methyl sites for hydroxylation is 1. The number of halogens is 2. The molecule has 0 radical (unpaired) electrons. The Labute approximate surface area is 132 Å². The highest BCUT2D eigenvalue weighted by Gasteiger charge is 2.14. The third kappa shape index (κ3) is 3.71. The van der Waals surface area contributed by atoms with E-state index in [0.717, 1.165) is 12.0 Å². The molecular formula is C15H14Cl2N2O2. The molecule has 21 heavy (non-hydrogen) atoms. The molecule has 1 aromatic heterocycles. The van der Waals surface area contributed by atoms with Gasteiger partial charge in [0.1, 0.15) is 5.82 Å². The van der Waals surface area contributed by atoms with E-state index in [-0.39, 0.29) is 5.56 Å². The predicted octanol–water partition coefficient (Wildman–Crippen LogP) is 4.02. The zero-order valence-electron chi connectivity index (χ0n) is 11.4. The average Bonchev–Trinajstić information content (AvgIpc) is 2.43. The fraction of sp³-hybridized carbons (Fsp3) is 0.267. The standard InChI is InChI=1S/C15H14Cl2N2O2/c1-2-4-13-10(15(20)21)8-18-14(19-13)7-9-11(16)5-3-6-12(9)17/h3,5-6,8H,2,4,7H2,1H3,(H,20,21). The highest BCUT2D eigenvalue weighted by atomic mass is 35.5. The van der Waals surface area contributed by atoms with Crippen molar-refractivity contribution in [2.45, 2.75) is 26.2 Å². The van der Waals surface area contributed by atoms with E-state index in [9.17, 15) is 4.79 Å². The first-order chi connectivity index (χ1) is 10.0. The summed E-state index contributed by atoms with van der Waals surface area (Å²) in [5, 5.41) is 10.2. The molecular weight excluding hydrogens is 311 g/mol. The second-order valence-electron chi connectivity index (χ2n) is 4.58. The minimum atomic E-state index is -1.01. The molecule has 1 aromatic carbocycles. The molecule has 0 unspecified atom stereocenters. The minimum absolute atomic E-state index is 0.144. The van der Waals surface area contributed by atoms with Crippen molar-refractivity contribution in [3.8, 4) is 0 Å². The van der Waals surface area contributed by atoms with Crippen molar-refractivity contribution in [2.75, 3.05) is 0 Å². The van der Waals surface area contributed by atoms with E-state index in [0.29, 0.717) is 34.4 Å². The van der Waals surface area contributed by atoms with Crippen LogP contribution in [0.3, 0.4) is 0 Å². The summed E-state index contributed by atoms with van der Waals surface area (Å²) in [5.74, 6) is -0.501. The Kier molecular flexibility index (Phi) is 5.15. The number of carbonyl (C=O) groups is 1. The van der Waals surface area contributed by atoms with Gasteiger partial charge in [0.25, 0.3) is 0 Å². The Morgan fingerprint density at radius 3 is 2.52 bits per heavy atom. The summed E-state index contributed by atoms with van der Waals surface area (Å²) in [7, 11) is 0. The van der Waals surface area contributed by atoms with Gasteiger partial charge in [-0.25, -0.2) is 14.8 Å². The van der Waals surface area contributed by atoms with Gasteiger partial charge in [-0.2, -0.15) is 0 Å². The summed E-state index contributed by atoms with van der Waals surface area (Å²) in [5.41, 5.74) is 1.43. The molecule has 6 heteroatoms. The van der Waals surface area contributed by atoms with Gasteiger partial charge in [-0.3, -0.25) is 0 Å². The summed E-state index contributed by atoms with van der Waals surface area (Å²) < 4.78 is 0. The van der Waals surface area contributed by atoms with E-state index in [1.807, 2.05) is 6.92 Å². The van der Waals surface area contributed by atoms with Crippen molar-refractivity contribution in [3.63, 3.8) is 0 Å². The quantitative estimate of drug-likeness (QED) is 0.902. The molecule has 0 aliphatic heterocycles. The average molecular weight is 325 g/mol. The number of rotatable bonds is 5. The number of aromatic carboxylic acids is 1. The minimum Gasteiger partial charge on any atom is -0.478 e. The van der Waals surface area contributed by atoms with Gasteiger partial charge in [0.05, 0.1) is 11.3 Å². The molecule has 1 heterocycles. The molecule has 0 saturated carbocycles. The molecule has 0 atom stereocenters. The Hall–Kier alpha value is -1.65.